The van der Waals surface area contributed by atoms with Gasteiger partial charge in [-0.2, -0.15) is 10.4 Å². The van der Waals surface area contributed by atoms with Gasteiger partial charge in [-0.15, -0.1) is 0 Å². The van der Waals surface area contributed by atoms with Crippen LogP contribution in [-0.2, 0) is 19.8 Å². The third-order valence-corrected chi connectivity index (χ3v) is 4.55. The number of fused-ring (bicyclic) bond motifs is 2. The molecule has 0 amide bonds. The number of aliphatic hydroxyl groups excluding tert-OH is 1. The summed E-state index contributed by atoms with van der Waals surface area (Å²) in [6.07, 6.45) is -0.335. The average Bonchev–Trinajstić information content (AvgIpc) is 3.18. The molecule has 2 aromatic rings. The number of nitrogens with zero attached hydrogens (tertiary/aromatic N) is 3. The third-order valence-electron chi connectivity index (χ3n) is 4.55. The predicted molar refractivity (Wildman–Crippen MR) is 82.7 cm³/mol. The van der Waals surface area contributed by atoms with Crippen molar-refractivity contribution in [1.82, 2.24) is 9.61 Å². The van der Waals surface area contributed by atoms with Gasteiger partial charge in [0.2, 0.25) is 5.60 Å². The minimum absolute atomic E-state index is 0.275. The van der Waals surface area contributed by atoms with E-state index in [9.17, 15) is 10.4 Å². The van der Waals surface area contributed by atoms with Gasteiger partial charge in [-0.25, -0.2) is 4.52 Å². The summed E-state index contributed by atoms with van der Waals surface area (Å²) >= 11 is 0. The first-order valence-electron chi connectivity index (χ1n) is 7.70. The van der Waals surface area contributed by atoms with E-state index in [2.05, 4.69) is 11.2 Å². The Morgan fingerprint density at radius 2 is 2.12 bits per heavy atom. The summed E-state index contributed by atoms with van der Waals surface area (Å²) in [7, 11) is 0. The summed E-state index contributed by atoms with van der Waals surface area (Å²) in [5.41, 5.74) is 6.25. The first-order chi connectivity index (χ1) is 11.4. The van der Waals surface area contributed by atoms with Gasteiger partial charge < -0.3 is 25.1 Å². The zero-order chi connectivity index (χ0) is 17.1. The molecule has 24 heavy (non-hydrogen) atoms. The zero-order valence-corrected chi connectivity index (χ0v) is 13.3. The highest BCUT2D eigenvalue weighted by Crippen LogP contribution is 2.49. The number of aliphatic hydroxyl groups is 1. The van der Waals surface area contributed by atoms with E-state index < -0.39 is 29.7 Å². The zero-order valence-electron chi connectivity index (χ0n) is 13.3. The highest BCUT2D eigenvalue weighted by Gasteiger charge is 2.65. The second-order valence-corrected chi connectivity index (χ2v) is 6.51. The molecule has 0 bridgehead atoms. The fraction of sp³-hybridized carbons (Fsp3) is 0.500. The third kappa shape index (κ3) is 1.90. The quantitative estimate of drug-likeness (QED) is 0.826. The summed E-state index contributed by atoms with van der Waals surface area (Å²) in [6, 6.07) is 7.43. The fourth-order valence-corrected chi connectivity index (χ4v) is 3.56. The SMILES string of the molecule is CC1(C)OC2[C@@H](O1)[C@@H](CO)O[C@@]2(C#N)c1ccc2c(N)ccnn12. The summed E-state index contributed by atoms with van der Waals surface area (Å²) in [5, 5.41) is 23.9. The van der Waals surface area contributed by atoms with Crippen molar-refractivity contribution in [3.8, 4) is 6.07 Å². The fourth-order valence-electron chi connectivity index (χ4n) is 3.56. The Morgan fingerprint density at radius 1 is 1.33 bits per heavy atom. The molecule has 4 heterocycles. The molecule has 8 heteroatoms. The smallest absolute Gasteiger partial charge is 0.226 e. The van der Waals surface area contributed by atoms with Crippen LogP contribution in [0.25, 0.3) is 5.52 Å². The largest absolute Gasteiger partial charge is 0.397 e. The van der Waals surface area contributed by atoms with Crippen molar-refractivity contribution in [1.29, 1.82) is 5.26 Å². The summed E-state index contributed by atoms with van der Waals surface area (Å²) < 4.78 is 19.3. The van der Waals surface area contributed by atoms with Crippen LogP contribution in [0.15, 0.2) is 24.4 Å². The maximum atomic E-state index is 9.98. The molecule has 3 N–H and O–H groups in total. The lowest BCUT2D eigenvalue weighted by Gasteiger charge is -2.28. The lowest BCUT2D eigenvalue weighted by Crippen LogP contribution is -2.40. The second-order valence-electron chi connectivity index (χ2n) is 6.51. The van der Waals surface area contributed by atoms with Crippen molar-refractivity contribution in [3.63, 3.8) is 0 Å². The minimum atomic E-state index is -1.45. The molecule has 2 aliphatic heterocycles. The van der Waals surface area contributed by atoms with Gasteiger partial charge in [-0.3, -0.25) is 0 Å². The molecule has 8 nitrogen and oxygen atoms in total. The number of nitrogen functional groups attached to an aromatic ring is 1. The Hall–Kier alpha value is -2.18. The second kappa shape index (κ2) is 4.91. The number of aromatic nitrogens is 2. The van der Waals surface area contributed by atoms with Crippen molar-refractivity contribution < 1.29 is 19.3 Å². The maximum Gasteiger partial charge on any atom is 0.226 e. The number of nitriles is 1. The molecular formula is C16H18N4O4. The number of nitrogens with two attached hydrogens (primary N) is 1. The highest BCUT2D eigenvalue weighted by molar-refractivity contribution is 5.69. The first kappa shape index (κ1) is 15.4. The van der Waals surface area contributed by atoms with Crippen LogP contribution in [-0.4, -0.2) is 45.4 Å². The van der Waals surface area contributed by atoms with Gasteiger partial charge in [0, 0.05) is 6.20 Å². The van der Waals surface area contributed by atoms with Gasteiger partial charge in [0.25, 0.3) is 0 Å². The van der Waals surface area contributed by atoms with Crippen molar-refractivity contribution in [2.24, 2.45) is 0 Å². The van der Waals surface area contributed by atoms with Crippen molar-refractivity contribution >= 4 is 11.2 Å². The topological polar surface area (TPSA) is 115 Å². The molecule has 2 aromatic heterocycles. The molecule has 0 saturated carbocycles. The van der Waals surface area contributed by atoms with E-state index in [0.29, 0.717) is 16.9 Å². The van der Waals surface area contributed by atoms with Crippen LogP contribution in [0, 0.1) is 11.3 Å². The van der Waals surface area contributed by atoms with E-state index in [-0.39, 0.29) is 6.61 Å². The Bertz CT molecular complexity index is 842. The van der Waals surface area contributed by atoms with Gasteiger partial charge in [-0.05, 0) is 32.0 Å². The number of ether oxygens (including phenoxy) is 3. The van der Waals surface area contributed by atoms with E-state index >= 15 is 0 Å². The Balaban J connectivity index is 1.90. The van der Waals surface area contributed by atoms with E-state index in [0.717, 1.165) is 0 Å². The Morgan fingerprint density at radius 3 is 2.83 bits per heavy atom. The Labute approximate surface area is 138 Å². The van der Waals surface area contributed by atoms with Gasteiger partial charge in [0.05, 0.1) is 23.5 Å². The molecular weight excluding hydrogens is 312 g/mol. The first-order valence-corrected chi connectivity index (χ1v) is 7.70. The number of rotatable bonds is 2. The standard InChI is InChI=1S/C16H18N4O4/c1-15(2)23-13-11(7-21)22-16(8-17,14(13)24-15)12-4-3-10-9(18)5-6-19-20(10)12/h3-6,11,13-14,21H,7,18H2,1-2H3/t11-,13+,14?,16+/m1/s1. The lowest BCUT2D eigenvalue weighted by atomic mass is 9.92. The predicted octanol–water partition coefficient (Wildman–Crippen LogP) is 0.547. The van der Waals surface area contributed by atoms with Crippen LogP contribution >= 0.6 is 0 Å². The molecule has 4 rings (SSSR count). The summed E-state index contributed by atoms with van der Waals surface area (Å²) in [6.45, 7) is 3.27. The van der Waals surface area contributed by atoms with Crippen LogP contribution < -0.4 is 5.73 Å². The normalized spacial score (nSPS) is 34.3. The van der Waals surface area contributed by atoms with E-state index in [4.69, 9.17) is 19.9 Å². The average molecular weight is 330 g/mol. The molecule has 0 radical (unpaired) electrons. The van der Waals surface area contributed by atoms with Crippen molar-refractivity contribution in [3.05, 3.63) is 30.1 Å². The van der Waals surface area contributed by atoms with Gasteiger partial charge in [0.1, 0.15) is 24.4 Å². The lowest BCUT2D eigenvalue weighted by molar-refractivity contribution is -0.204. The molecule has 2 saturated heterocycles. The maximum absolute atomic E-state index is 9.98. The van der Waals surface area contributed by atoms with Crippen LogP contribution in [0.2, 0.25) is 0 Å². The Kier molecular flexibility index (Phi) is 3.14. The molecule has 0 spiro atoms. The van der Waals surface area contributed by atoms with Crippen molar-refractivity contribution in [2.45, 2.75) is 43.5 Å². The summed E-state index contributed by atoms with van der Waals surface area (Å²) in [4.78, 5) is 0. The number of hydrogen-bond acceptors (Lipinski definition) is 7. The number of hydrogen-bond donors (Lipinski definition) is 2. The molecule has 4 atom stereocenters. The molecule has 2 aliphatic rings. The summed E-state index contributed by atoms with van der Waals surface area (Å²) in [5.74, 6) is -0.867. The van der Waals surface area contributed by atoms with Crippen molar-refractivity contribution in [2.75, 3.05) is 12.3 Å². The van der Waals surface area contributed by atoms with Gasteiger partial charge in [-0.1, -0.05) is 0 Å². The van der Waals surface area contributed by atoms with Crippen LogP contribution in [0.3, 0.4) is 0 Å². The molecule has 0 aliphatic carbocycles. The highest BCUT2D eigenvalue weighted by atomic mass is 16.8. The minimum Gasteiger partial charge on any atom is -0.397 e. The molecule has 126 valence electrons. The molecule has 0 aromatic carbocycles. The number of anilines is 1. The van der Waals surface area contributed by atoms with E-state index in [1.165, 1.54) is 0 Å². The van der Waals surface area contributed by atoms with Crippen LogP contribution in [0.1, 0.15) is 19.5 Å². The monoisotopic (exact) mass is 330 g/mol. The van der Waals surface area contributed by atoms with Gasteiger partial charge in [0.15, 0.2) is 5.79 Å². The van der Waals surface area contributed by atoms with E-state index in [1.807, 2.05) is 0 Å². The molecule has 1 unspecified atom stereocenters. The van der Waals surface area contributed by atoms with Gasteiger partial charge >= 0.3 is 0 Å². The van der Waals surface area contributed by atoms with Crippen LogP contribution in [0.4, 0.5) is 5.69 Å². The van der Waals surface area contributed by atoms with E-state index in [1.54, 1.807) is 42.8 Å². The van der Waals surface area contributed by atoms with Crippen LogP contribution in [0.5, 0.6) is 0 Å². The molecule has 2 fully saturated rings.